The summed E-state index contributed by atoms with van der Waals surface area (Å²) in [7, 11) is 1.84. The largest absolute Gasteiger partial charge is 0.342 e. The fourth-order valence-corrected chi connectivity index (χ4v) is 5.35. The van der Waals surface area contributed by atoms with Crippen molar-refractivity contribution in [2.45, 2.75) is 84.0 Å². The normalized spacial score (nSPS) is 18.2. The molecule has 0 aliphatic heterocycles. The number of aryl methyl sites for hydroxylation is 1. The number of hydrogen-bond acceptors (Lipinski definition) is 1. The SMILES string of the molecule is C=CC(=O)N(C)CCc1ccc(-c2ccc(C3CCC(CCCCC)CC3)cc2)cc1CC. The third kappa shape index (κ3) is 7.06. The molecule has 2 aromatic rings. The maximum absolute atomic E-state index is 11.7. The van der Waals surface area contributed by atoms with Gasteiger partial charge in [0, 0.05) is 13.6 Å². The van der Waals surface area contributed by atoms with E-state index < -0.39 is 0 Å². The summed E-state index contributed by atoms with van der Waals surface area (Å²) < 4.78 is 0. The highest BCUT2D eigenvalue weighted by atomic mass is 16.2. The summed E-state index contributed by atoms with van der Waals surface area (Å²) in [6.45, 7) is 8.80. The lowest BCUT2D eigenvalue weighted by Crippen LogP contribution is -2.27. The summed E-state index contributed by atoms with van der Waals surface area (Å²) in [5, 5.41) is 0. The van der Waals surface area contributed by atoms with Crippen LogP contribution in [0.25, 0.3) is 11.1 Å². The molecule has 1 aliphatic rings. The minimum Gasteiger partial charge on any atom is -0.342 e. The number of rotatable bonds is 11. The second-order valence-corrected chi connectivity index (χ2v) is 9.89. The van der Waals surface area contributed by atoms with Gasteiger partial charge in [0.25, 0.3) is 0 Å². The Morgan fingerprint density at radius 3 is 2.30 bits per heavy atom. The molecule has 0 N–H and O–H groups in total. The summed E-state index contributed by atoms with van der Waals surface area (Å²) in [5.41, 5.74) is 6.81. The molecule has 33 heavy (non-hydrogen) atoms. The monoisotopic (exact) mass is 445 g/mol. The van der Waals surface area contributed by atoms with Crippen molar-refractivity contribution in [2.75, 3.05) is 13.6 Å². The second kappa shape index (κ2) is 12.8. The molecule has 2 aromatic carbocycles. The minimum absolute atomic E-state index is 0.0188. The van der Waals surface area contributed by atoms with Crippen LogP contribution in [-0.4, -0.2) is 24.4 Å². The summed E-state index contributed by atoms with van der Waals surface area (Å²) >= 11 is 0. The molecule has 0 heterocycles. The molecule has 1 fully saturated rings. The molecule has 0 atom stereocenters. The number of benzene rings is 2. The number of amides is 1. The highest BCUT2D eigenvalue weighted by Gasteiger charge is 2.22. The Balaban J connectivity index is 1.60. The number of nitrogens with zero attached hydrogens (tertiary/aromatic N) is 1. The van der Waals surface area contributed by atoms with Crippen molar-refractivity contribution in [2.24, 2.45) is 5.92 Å². The van der Waals surface area contributed by atoms with E-state index in [9.17, 15) is 4.79 Å². The quantitative estimate of drug-likeness (QED) is 0.254. The van der Waals surface area contributed by atoms with Crippen molar-refractivity contribution in [1.29, 1.82) is 0 Å². The Hall–Kier alpha value is -2.35. The number of unbranched alkanes of at least 4 members (excludes halogenated alkanes) is 2. The summed E-state index contributed by atoms with van der Waals surface area (Å²) in [4.78, 5) is 13.5. The second-order valence-electron chi connectivity index (χ2n) is 9.89. The third-order valence-electron chi connectivity index (χ3n) is 7.63. The van der Waals surface area contributed by atoms with Crippen LogP contribution in [0.4, 0.5) is 0 Å². The molecular weight excluding hydrogens is 402 g/mol. The first-order valence-electron chi connectivity index (χ1n) is 13.1. The van der Waals surface area contributed by atoms with E-state index >= 15 is 0 Å². The minimum atomic E-state index is -0.0188. The fraction of sp³-hybridized carbons (Fsp3) is 0.516. The van der Waals surface area contributed by atoms with Gasteiger partial charge in [0.2, 0.25) is 5.91 Å². The Labute approximate surface area is 202 Å². The van der Waals surface area contributed by atoms with Crippen LogP contribution < -0.4 is 0 Å². The predicted octanol–water partition coefficient (Wildman–Crippen LogP) is 7.96. The van der Waals surface area contributed by atoms with Gasteiger partial charge >= 0.3 is 0 Å². The van der Waals surface area contributed by atoms with Gasteiger partial charge in [-0.15, -0.1) is 0 Å². The van der Waals surface area contributed by atoms with Gasteiger partial charge in [0.15, 0.2) is 0 Å². The van der Waals surface area contributed by atoms with E-state index in [2.05, 4.69) is 62.9 Å². The smallest absolute Gasteiger partial charge is 0.245 e. The lowest BCUT2D eigenvalue weighted by Gasteiger charge is -2.29. The molecule has 0 saturated heterocycles. The van der Waals surface area contributed by atoms with Crippen molar-refractivity contribution in [3.63, 3.8) is 0 Å². The molecule has 178 valence electrons. The Morgan fingerprint density at radius 1 is 0.970 bits per heavy atom. The highest BCUT2D eigenvalue weighted by Crippen LogP contribution is 2.38. The van der Waals surface area contributed by atoms with E-state index in [1.165, 1.54) is 85.3 Å². The molecule has 2 heteroatoms. The van der Waals surface area contributed by atoms with Crippen molar-refractivity contribution in [1.82, 2.24) is 4.90 Å². The van der Waals surface area contributed by atoms with Crippen LogP contribution in [0.1, 0.15) is 87.8 Å². The van der Waals surface area contributed by atoms with Crippen LogP contribution in [0.3, 0.4) is 0 Å². The van der Waals surface area contributed by atoms with Crippen LogP contribution in [-0.2, 0) is 17.6 Å². The molecule has 0 unspecified atom stereocenters. The van der Waals surface area contributed by atoms with Gasteiger partial charge in [-0.1, -0.05) is 88.6 Å². The zero-order chi connectivity index (χ0) is 23.6. The van der Waals surface area contributed by atoms with Gasteiger partial charge in [-0.3, -0.25) is 4.79 Å². The molecular formula is C31H43NO. The van der Waals surface area contributed by atoms with Crippen LogP contribution in [0, 0.1) is 5.92 Å². The molecule has 1 aliphatic carbocycles. The van der Waals surface area contributed by atoms with Gasteiger partial charge in [-0.25, -0.2) is 0 Å². The van der Waals surface area contributed by atoms with E-state index in [1.54, 1.807) is 4.90 Å². The highest BCUT2D eigenvalue weighted by molar-refractivity contribution is 5.86. The Bertz CT molecular complexity index is 890. The molecule has 1 amide bonds. The average molecular weight is 446 g/mol. The number of likely N-dealkylation sites (N-methyl/N-ethyl adjacent to an activating group) is 1. The van der Waals surface area contributed by atoms with Crippen LogP contribution in [0.2, 0.25) is 0 Å². The number of carbonyl (C=O) groups excluding carboxylic acids is 1. The molecule has 0 aromatic heterocycles. The summed E-state index contributed by atoms with van der Waals surface area (Å²) in [6, 6.07) is 16.2. The Kier molecular flexibility index (Phi) is 9.78. The first-order chi connectivity index (χ1) is 16.0. The van der Waals surface area contributed by atoms with Gasteiger partial charge in [-0.05, 0) is 84.3 Å². The maximum atomic E-state index is 11.7. The fourth-order valence-electron chi connectivity index (χ4n) is 5.35. The topological polar surface area (TPSA) is 20.3 Å². The van der Waals surface area contributed by atoms with Crippen molar-refractivity contribution in [3.05, 3.63) is 71.8 Å². The third-order valence-corrected chi connectivity index (χ3v) is 7.63. The molecule has 0 spiro atoms. The van der Waals surface area contributed by atoms with E-state index in [0.717, 1.165) is 24.7 Å². The number of hydrogen-bond donors (Lipinski definition) is 0. The molecule has 0 bridgehead atoms. The van der Waals surface area contributed by atoms with Crippen LogP contribution in [0.15, 0.2) is 55.1 Å². The number of carbonyl (C=O) groups is 1. The molecule has 3 rings (SSSR count). The lowest BCUT2D eigenvalue weighted by molar-refractivity contribution is -0.124. The lowest BCUT2D eigenvalue weighted by atomic mass is 9.77. The zero-order valence-electron chi connectivity index (χ0n) is 21.1. The van der Waals surface area contributed by atoms with Crippen molar-refractivity contribution in [3.8, 4) is 11.1 Å². The van der Waals surface area contributed by atoms with Crippen molar-refractivity contribution < 1.29 is 4.79 Å². The first kappa shape index (κ1) is 25.3. The van der Waals surface area contributed by atoms with Gasteiger partial charge in [-0.2, -0.15) is 0 Å². The van der Waals surface area contributed by atoms with Crippen molar-refractivity contribution >= 4 is 5.91 Å². The average Bonchev–Trinajstić information content (AvgIpc) is 2.87. The summed E-state index contributed by atoms with van der Waals surface area (Å²) in [6.07, 6.45) is 14.4. The van der Waals surface area contributed by atoms with Crippen LogP contribution >= 0.6 is 0 Å². The van der Waals surface area contributed by atoms with E-state index in [0.29, 0.717) is 6.54 Å². The standard InChI is InChI=1S/C31H43NO/c1-5-8-9-10-24-11-13-26(14-12-24)27-15-17-28(18-16-27)30-20-19-29(25(6-2)23-30)21-22-32(4)31(33)7-3/h7,15-20,23-24,26H,3,5-6,8-14,21-22H2,1-2,4H3. The first-order valence-corrected chi connectivity index (χ1v) is 13.1. The van der Waals surface area contributed by atoms with E-state index in [4.69, 9.17) is 0 Å². The Morgan fingerprint density at radius 2 is 1.67 bits per heavy atom. The van der Waals surface area contributed by atoms with E-state index in [1.807, 2.05) is 7.05 Å². The van der Waals surface area contributed by atoms with Gasteiger partial charge in [0.1, 0.15) is 0 Å². The summed E-state index contributed by atoms with van der Waals surface area (Å²) in [5.74, 6) is 1.69. The predicted molar refractivity (Wildman–Crippen MR) is 142 cm³/mol. The zero-order valence-corrected chi connectivity index (χ0v) is 21.1. The maximum Gasteiger partial charge on any atom is 0.245 e. The van der Waals surface area contributed by atoms with E-state index in [-0.39, 0.29) is 5.91 Å². The van der Waals surface area contributed by atoms with Gasteiger partial charge < -0.3 is 4.90 Å². The van der Waals surface area contributed by atoms with Gasteiger partial charge in [0.05, 0.1) is 0 Å². The molecule has 2 nitrogen and oxygen atoms in total. The molecule has 1 saturated carbocycles. The van der Waals surface area contributed by atoms with Crippen LogP contribution in [0.5, 0.6) is 0 Å². The molecule has 0 radical (unpaired) electrons.